The van der Waals surface area contributed by atoms with Gasteiger partial charge in [0.1, 0.15) is 5.78 Å². The van der Waals surface area contributed by atoms with Crippen molar-refractivity contribution in [3.8, 4) is 0 Å². The number of halogens is 1. The Kier molecular flexibility index (Phi) is 5.71. The van der Waals surface area contributed by atoms with Crippen LogP contribution in [0.1, 0.15) is 25.3 Å². The quantitative estimate of drug-likeness (QED) is 0.872. The average molecular weight is 284 g/mol. The van der Waals surface area contributed by atoms with Crippen LogP contribution in [0.15, 0.2) is 28.7 Å². The third kappa shape index (κ3) is 4.06. The second kappa shape index (κ2) is 6.81. The van der Waals surface area contributed by atoms with Crippen molar-refractivity contribution < 1.29 is 4.79 Å². The van der Waals surface area contributed by atoms with Crippen LogP contribution in [0, 0.1) is 5.92 Å². The first-order chi connectivity index (χ1) is 7.65. The molecule has 0 aliphatic rings. The van der Waals surface area contributed by atoms with Crippen molar-refractivity contribution >= 4 is 21.7 Å². The van der Waals surface area contributed by atoms with Crippen LogP contribution in [-0.2, 0) is 11.2 Å². The number of benzene rings is 1. The number of carbonyl (C=O) groups is 1. The van der Waals surface area contributed by atoms with Gasteiger partial charge in [0.25, 0.3) is 0 Å². The van der Waals surface area contributed by atoms with Gasteiger partial charge in [-0.2, -0.15) is 0 Å². The first-order valence-corrected chi connectivity index (χ1v) is 6.40. The summed E-state index contributed by atoms with van der Waals surface area (Å²) >= 11 is 3.45. The predicted molar refractivity (Wildman–Crippen MR) is 70.3 cm³/mol. The summed E-state index contributed by atoms with van der Waals surface area (Å²) in [6.45, 7) is 2.64. The second-order valence-electron chi connectivity index (χ2n) is 4.07. The molecule has 1 aromatic rings. The molecule has 0 aliphatic carbocycles. The number of rotatable bonds is 6. The van der Waals surface area contributed by atoms with E-state index < -0.39 is 0 Å². The highest BCUT2D eigenvalue weighted by Gasteiger charge is 2.13. The van der Waals surface area contributed by atoms with Gasteiger partial charge in [-0.25, -0.2) is 0 Å². The highest BCUT2D eigenvalue weighted by molar-refractivity contribution is 9.10. The first-order valence-electron chi connectivity index (χ1n) is 5.61. The molecule has 3 heteroatoms. The summed E-state index contributed by atoms with van der Waals surface area (Å²) in [6, 6.07) is 7.86. The first kappa shape index (κ1) is 13.4. The lowest BCUT2D eigenvalue weighted by Crippen LogP contribution is -2.15. The number of hydrogen-bond acceptors (Lipinski definition) is 2. The third-order valence-electron chi connectivity index (χ3n) is 2.71. The van der Waals surface area contributed by atoms with E-state index in [1.807, 2.05) is 31.2 Å². The average Bonchev–Trinajstić information content (AvgIpc) is 2.28. The van der Waals surface area contributed by atoms with Crippen LogP contribution < -0.4 is 5.73 Å². The molecule has 0 aliphatic heterocycles. The molecule has 0 radical (unpaired) electrons. The zero-order chi connectivity index (χ0) is 12.0. The molecular weight excluding hydrogens is 266 g/mol. The maximum Gasteiger partial charge on any atom is 0.140 e. The summed E-state index contributed by atoms with van der Waals surface area (Å²) in [5.74, 6) is 0.399. The number of nitrogens with two attached hydrogens (primary N) is 1. The minimum absolute atomic E-state index is 0.107. The molecule has 0 bridgehead atoms. The molecule has 0 fully saturated rings. The van der Waals surface area contributed by atoms with Gasteiger partial charge in [-0.05, 0) is 31.0 Å². The van der Waals surface area contributed by atoms with E-state index in [1.165, 1.54) is 0 Å². The van der Waals surface area contributed by atoms with E-state index in [9.17, 15) is 4.79 Å². The van der Waals surface area contributed by atoms with E-state index in [0.29, 0.717) is 18.7 Å². The highest BCUT2D eigenvalue weighted by atomic mass is 79.9. The van der Waals surface area contributed by atoms with Gasteiger partial charge in [0, 0.05) is 16.8 Å². The Morgan fingerprint density at radius 2 is 2.12 bits per heavy atom. The molecule has 0 amide bonds. The van der Waals surface area contributed by atoms with Crippen LogP contribution >= 0.6 is 15.9 Å². The van der Waals surface area contributed by atoms with Crippen molar-refractivity contribution in [3.05, 3.63) is 34.3 Å². The Balaban J connectivity index is 2.54. The fourth-order valence-corrected chi connectivity index (χ4v) is 2.01. The standard InChI is InChI=1S/C13H18BrNO/c1-10(5-4-8-15)13(16)9-11-6-2-3-7-12(11)14/h2-3,6-7,10H,4-5,8-9,15H2,1H3. The summed E-state index contributed by atoms with van der Waals surface area (Å²) in [5.41, 5.74) is 6.50. The lowest BCUT2D eigenvalue weighted by molar-refractivity contribution is -0.121. The van der Waals surface area contributed by atoms with E-state index in [0.717, 1.165) is 22.9 Å². The fraction of sp³-hybridized carbons (Fsp3) is 0.462. The Bertz CT molecular complexity index is 352. The minimum Gasteiger partial charge on any atom is -0.330 e. The van der Waals surface area contributed by atoms with Crippen molar-refractivity contribution in [1.29, 1.82) is 0 Å². The van der Waals surface area contributed by atoms with Gasteiger partial charge in [-0.15, -0.1) is 0 Å². The van der Waals surface area contributed by atoms with Crippen LogP contribution in [0.2, 0.25) is 0 Å². The SMILES string of the molecule is CC(CCCN)C(=O)Cc1ccccc1Br. The Morgan fingerprint density at radius 1 is 1.44 bits per heavy atom. The van der Waals surface area contributed by atoms with Crippen LogP contribution in [0.25, 0.3) is 0 Å². The van der Waals surface area contributed by atoms with E-state index in [2.05, 4.69) is 15.9 Å². The predicted octanol–water partition coefficient (Wildman–Crippen LogP) is 2.94. The molecule has 0 saturated heterocycles. The van der Waals surface area contributed by atoms with E-state index in [1.54, 1.807) is 0 Å². The molecule has 0 saturated carbocycles. The Labute approximate surface area is 105 Å². The molecule has 88 valence electrons. The second-order valence-corrected chi connectivity index (χ2v) is 4.92. The smallest absolute Gasteiger partial charge is 0.140 e. The topological polar surface area (TPSA) is 43.1 Å². The summed E-state index contributed by atoms with van der Waals surface area (Å²) in [5, 5.41) is 0. The van der Waals surface area contributed by atoms with Crippen LogP contribution in [0.4, 0.5) is 0 Å². The molecule has 1 unspecified atom stereocenters. The van der Waals surface area contributed by atoms with E-state index >= 15 is 0 Å². The molecule has 1 aromatic carbocycles. The number of ketones is 1. The summed E-state index contributed by atoms with van der Waals surface area (Å²) in [7, 11) is 0. The normalized spacial score (nSPS) is 12.4. The van der Waals surface area contributed by atoms with Gasteiger partial charge in [0.2, 0.25) is 0 Å². The van der Waals surface area contributed by atoms with Crippen molar-refractivity contribution in [2.45, 2.75) is 26.2 Å². The Morgan fingerprint density at radius 3 is 2.75 bits per heavy atom. The molecule has 0 heterocycles. The maximum absolute atomic E-state index is 11.9. The van der Waals surface area contributed by atoms with Crippen LogP contribution in [0.3, 0.4) is 0 Å². The molecular formula is C13H18BrNO. The van der Waals surface area contributed by atoms with Crippen LogP contribution in [0.5, 0.6) is 0 Å². The van der Waals surface area contributed by atoms with Crippen molar-refractivity contribution in [2.24, 2.45) is 11.7 Å². The van der Waals surface area contributed by atoms with Gasteiger partial charge in [-0.1, -0.05) is 41.1 Å². The molecule has 2 N–H and O–H groups in total. The fourth-order valence-electron chi connectivity index (χ4n) is 1.59. The largest absolute Gasteiger partial charge is 0.330 e. The van der Waals surface area contributed by atoms with E-state index in [4.69, 9.17) is 5.73 Å². The highest BCUT2D eigenvalue weighted by Crippen LogP contribution is 2.18. The molecule has 2 nitrogen and oxygen atoms in total. The molecule has 1 atom stereocenters. The summed E-state index contributed by atoms with van der Waals surface area (Å²) in [6.07, 6.45) is 2.32. The van der Waals surface area contributed by atoms with Crippen LogP contribution in [-0.4, -0.2) is 12.3 Å². The zero-order valence-corrected chi connectivity index (χ0v) is 11.2. The third-order valence-corrected chi connectivity index (χ3v) is 3.49. The minimum atomic E-state index is 0.107. The lowest BCUT2D eigenvalue weighted by atomic mass is 9.95. The Hall–Kier alpha value is -0.670. The van der Waals surface area contributed by atoms with Crippen molar-refractivity contribution in [1.82, 2.24) is 0 Å². The summed E-state index contributed by atoms with van der Waals surface area (Å²) in [4.78, 5) is 11.9. The van der Waals surface area contributed by atoms with Gasteiger partial charge in [0.15, 0.2) is 0 Å². The molecule has 0 aromatic heterocycles. The van der Waals surface area contributed by atoms with Gasteiger partial charge < -0.3 is 5.73 Å². The molecule has 0 spiro atoms. The van der Waals surface area contributed by atoms with Crippen molar-refractivity contribution in [2.75, 3.05) is 6.54 Å². The maximum atomic E-state index is 11.9. The van der Waals surface area contributed by atoms with Crippen molar-refractivity contribution in [3.63, 3.8) is 0 Å². The molecule has 1 rings (SSSR count). The lowest BCUT2D eigenvalue weighted by Gasteiger charge is -2.10. The zero-order valence-electron chi connectivity index (χ0n) is 9.58. The van der Waals surface area contributed by atoms with Gasteiger partial charge in [-0.3, -0.25) is 4.79 Å². The van der Waals surface area contributed by atoms with E-state index in [-0.39, 0.29) is 5.92 Å². The number of hydrogen-bond donors (Lipinski definition) is 1. The number of Topliss-reactive ketones (excluding diaryl/α,β-unsaturated/α-hetero) is 1. The molecule has 16 heavy (non-hydrogen) atoms. The number of carbonyl (C=O) groups excluding carboxylic acids is 1. The summed E-state index contributed by atoms with van der Waals surface area (Å²) < 4.78 is 1.01. The van der Waals surface area contributed by atoms with Gasteiger partial charge >= 0.3 is 0 Å². The monoisotopic (exact) mass is 283 g/mol. The van der Waals surface area contributed by atoms with Gasteiger partial charge in [0.05, 0.1) is 0 Å².